The molecule has 3 aromatic rings. The van der Waals surface area contributed by atoms with Crippen molar-refractivity contribution >= 4 is 17.6 Å². The fourth-order valence-corrected chi connectivity index (χ4v) is 3.65. The van der Waals surface area contributed by atoms with Crippen molar-refractivity contribution in [1.29, 1.82) is 0 Å². The van der Waals surface area contributed by atoms with E-state index >= 15 is 0 Å². The van der Waals surface area contributed by atoms with Gasteiger partial charge in [0.15, 0.2) is 11.1 Å². The highest BCUT2D eigenvalue weighted by Gasteiger charge is 2.47. The molecule has 26 heavy (non-hydrogen) atoms. The zero-order chi connectivity index (χ0) is 18.0. The first-order valence-corrected chi connectivity index (χ1v) is 8.89. The number of benzene rings is 3. The van der Waals surface area contributed by atoms with E-state index in [-0.39, 0.29) is 5.97 Å². The van der Waals surface area contributed by atoms with Crippen LogP contribution in [0.25, 0.3) is 0 Å². The molecule has 1 aliphatic heterocycles. The van der Waals surface area contributed by atoms with Crippen LogP contribution in [0.2, 0.25) is 0 Å². The lowest BCUT2D eigenvalue weighted by atomic mass is 9.93. The van der Waals surface area contributed by atoms with Crippen LogP contribution in [0.1, 0.15) is 33.2 Å². The van der Waals surface area contributed by atoms with Gasteiger partial charge < -0.3 is 4.74 Å². The zero-order valence-electron chi connectivity index (χ0n) is 14.1. The number of carbonyl (C=O) groups is 1. The Bertz CT molecular complexity index is 914. The van der Waals surface area contributed by atoms with Crippen LogP contribution >= 0.6 is 11.6 Å². The fraction of sp³-hybridized carbons (Fsp3) is 0.136. The molecule has 0 saturated carbocycles. The van der Waals surface area contributed by atoms with Crippen LogP contribution in [0.15, 0.2) is 84.9 Å². The second kappa shape index (κ2) is 6.94. The molecular weight excluding hydrogens is 346 g/mol. The third kappa shape index (κ3) is 3.00. The van der Waals surface area contributed by atoms with E-state index in [1.54, 1.807) is 6.07 Å². The summed E-state index contributed by atoms with van der Waals surface area (Å²) in [4.78, 5) is 11.2. The molecule has 0 saturated heterocycles. The van der Waals surface area contributed by atoms with Crippen molar-refractivity contribution in [3.8, 4) is 0 Å². The maximum absolute atomic E-state index is 12.3. The highest BCUT2D eigenvalue weighted by Crippen LogP contribution is 2.46. The molecule has 2 atom stereocenters. The lowest BCUT2D eigenvalue weighted by Gasteiger charge is -2.34. The summed E-state index contributed by atoms with van der Waals surface area (Å²) in [6, 6.07) is 27.1. The molecular formula is C22H18ClNO2. The number of alkyl halides is 1. The molecule has 0 fully saturated rings. The number of ether oxygens (including phenoxy) is 1. The minimum Gasteiger partial charge on any atom is -0.450 e. The van der Waals surface area contributed by atoms with Crippen molar-refractivity contribution < 1.29 is 9.53 Å². The zero-order valence-corrected chi connectivity index (χ0v) is 14.8. The molecule has 2 unspecified atom stereocenters. The number of halogens is 1. The summed E-state index contributed by atoms with van der Waals surface area (Å²) in [5.74, 6) is -0.340. The van der Waals surface area contributed by atoms with Gasteiger partial charge in [0.1, 0.15) is 0 Å². The number of cyclic esters (lactones) is 1. The molecule has 0 spiro atoms. The summed E-state index contributed by atoms with van der Waals surface area (Å²) < 4.78 is 5.71. The van der Waals surface area contributed by atoms with Crippen molar-refractivity contribution in [3.05, 3.63) is 107 Å². The van der Waals surface area contributed by atoms with Crippen LogP contribution in [0.5, 0.6) is 0 Å². The normalized spacial score (nSPS) is 18.0. The second-order valence-electron chi connectivity index (χ2n) is 6.29. The van der Waals surface area contributed by atoms with E-state index in [4.69, 9.17) is 16.3 Å². The van der Waals surface area contributed by atoms with Crippen LogP contribution in [0, 0.1) is 0 Å². The molecule has 3 nitrogen and oxygen atoms in total. The first kappa shape index (κ1) is 16.8. The van der Waals surface area contributed by atoms with E-state index in [9.17, 15) is 4.79 Å². The maximum Gasteiger partial charge on any atom is 0.339 e. The van der Waals surface area contributed by atoms with Gasteiger partial charge in [-0.05, 0) is 17.2 Å². The molecule has 1 aliphatic rings. The van der Waals surface area contributed by atoms with Crippen LogP contribution < -0.4 is 5.32 Å². The van der Waals surface area contributed by atoms with Gasteiger partial charge in [-0.3, -0.25) is 5.32 Å². The topological polar surface area (TPSA) is 38.3 Å². The van der Waals surface area contributed by atoms with Gasteiger partial charge in [0, 0.05) is 12.1 Å². The Morgan fingerprint density at radius 3 is 2.23 bits per heavy atom. The molecule has 1 heterocycles. The van der Waals surface area contributed by atoms with Gasteiger partial charge >= 0.3 is 5.97 Å². The number of fused-ring (bicyclic) bond motifs is 1. The van der Waals surface area contributed by atoms with Gasteiger partial charge in [-0.15, -0.1) is 0 Å². The Morgan fingerprint density at radius 1 is 0.885 bits per heavy atom. The SMILES string of the molecule is O=C1OC(C(Cl)(NCc2ccccc2)c2ccccc2)c2ccccc21. The van der Waals surface area contributed by atoms with Crippen molar-refractivity contribution in [2.45, 2.75) is 17.6 Å². The summed E-state index contributed by atoms with van der Waals surface area (Å²) >= 11 is 7.13. The predicted molar refractivity (Wildman–Crippen MR) is 102 cm³/mol. The summed E-state index contributed by atoms with van der Waals surface area (Å²) in [6.45, 7) is 0.551. The van der Waals surface area contributed by atoms with Crippen LogP contribution in [0.4, 0.5) is 0 Å². The maximum atomic E-state index is 12.3. The second-order valence-corrected chi connectivity index (χ2v) is 6.89. The Hall–Kier alpha value is -2.62. The van der Waals surface area contributed by atoms with Gasteiger partial charge in [-0.1, -0.05) is 90.5 Å². The van der Waals surface area contributed by atoms with Crippen LogP contribution in [0.3, 0.4) is 0 Å². The van der Waals surface area contributed by atoms with E-state index < -0.39 is 11.1 Å². The minimum absolute atomic E-state index is 0.340. The van der Waals surface area contributed by atoms with E-state index in [0.717, 1.165) is 16.7 Å². The Labute approximate surface area is 157 Å². The number of carbonyl (C=O) groups excluding carboxylic acids is 1. The molecule has 0 aliphatic carbocycles. The Balaban J connectivity index is 1.73. The molecule has 1 N–H and O–H groups in total. The largest absolute Gasteiger partial charge is 0.450 e. The number of nitrogens with one attached hydrogen (secondary N) is 1. The third-order valence-corrected chi connectivity index (χ3v) is 5.19. The van der Waals surface area contributed by atoms with Gasteiger partial charge in [0.2, 0.25) is 0 Å². The first-order chi connectivity index (χ1) is 12.7. The minimum atomic E-state index is -1.07. The highest BCUT2D eigenvalue weighted by atomic mass is 35.5. The number of esters is 1. The van der Waals surface area contributed by atoms with Gasteiger partial charge in [0.05, 0.1) is 5.56 Å². The summed E-state index contributed by atoms with van der Waals surface area (Å²) in [7, 11) is 0. The van der Waals surface area contributed by atoms with E-state index in [2.05, 4.69) is 5.32 Å². The lowest BCUT2D eigenvalue weighted by molar-refractivity contribution is 0.0229. The number of hydrogen-bond donors (Lipinski definition) is 1. The molecule has 0 radical (unpaired) electrons. The fourth-order valence-electron chi connectivity index (χ4n) is 3.29. The van der Waals surface area contributed by atoms with Crippen molar-refractivity contribution in [3.63, 3.8) is 0 Å². The Morgan fingerprint density at radius 2 is 1.50 bits per heavy atom. The molecule has 4 rings (SSSR count). The monoisotopic (exact) mass is 363 g/mol. The standard InChI is InChI=1S/C22H18ClNO2/c23-22(17-11-5-2-6-12-17,24-15-16-9-3-1-4-10-16)20-18-13-7-8-14-19(18)21(25)26-20/h1-14,20,24H,15H2. The van der Waals surface area contributed by atoms with Crippen LogP contribution in [-0.2, 0) is 16.3 Å². The molecule has 0 amide bonds. The smallest absolute Gasteiger partial charge is 0.339 e. The summed E-state index contributed by atoms with van der Waals surface area (Å²) in [5.41, 5.74) is 3.33. The molecule has 130 valence electrons. The number of rotatable bonds is 5. The number of hydrogen-bond acceptors (Lipinski definition) is 3. The van der Waals surface area contributed by atoms with Gasteiger partial charge in [-0.25, -0.2) is 4.79 Å². The molecule has 3 aromatic carbocycles. The average Bonchev–Trinajstić information content (AvgIpc) is 3.05. The van der Waals surface area contributed by atoms with Crippen molar-refractivity contribution in [1.82, 2.24) is 5.32 Å². The van der Waals surface area contributed by atoms with Crippen molar-refractivity contribution in [2.75, 3.05) is 0 Å². The predicted octanol–water partition coefficient (Wildman–Crippen LogP) is 4.78. The summed E-state index contributed by atoms with van der Waals surface area (Å²) in [5, 5.41) is 3.42. The average molecular weight is 364 g/mol. The van der Waals surface area contributed by atoms with E-state index in [0.29, 0.717) is 12.1 Å². The highest BCUT2D eigenvalue weighted by molar-refractivity contribution is 6.24. The lowest BCUT2D eigenvalue weighted by Crippen LogP contribution is -2.42. The van der Waals surface area contributed by atoms with E-state index in [1.807, 2.05) is 78.9 Å². The Kier molecular flexibility index (Phi) is 4.49. The summed E-state index contributed by atoms with van der Waals surface area (Å²) in [6.07, 6.45) is -0.612. The first-order valence-electron chi connectivity index (χ1n) is 8.52. The molecule has 0 aromatic heterocycles. The van der Waals surface area contributed by atoms with Gasteiger partial charge in [-0.2, -0.15) is 0 Å². The van der Waals surface area contributed by atoms with Gasteiger partial charge in [0.25, 0.3) is 0 Å². The van der Waals surface area contributed by atoms with E-state index in [1.165, 1.54) is 0 Å². The quantitative estimate of drug-likeness (QED) is 0.403. The third-order valence-electron chi connectivity index (χ3n) is 4.64. The van der Waals surface area contributed by atoms with Crippen LogP contribution in [-0.4, -0.2) is 5.97 Å². The molecule has 0 bridgehead atoms. The van der Waals surface area contributed by atoms with Crippen molar-refractivity contribution in [2.24, 2.45) is 0 Å². The molecule has 4 heteroatoms.